The number of anilines is 1. The number of hydrogen-bond donors (Lipinski definition) is 1. The van der Waals surface area contributed by atoms with Gasteiger partial charge in [-0.25, -0.2) is 0 Å². The summed E-state index contributed by atoms with van der Waals surface area (Å²) in [5.74, 6) is 0. The quantitative estimate of drug-likeness (QED) is 0.663. The van der Waals surface area contributed by atoms with Crippen LogP contribution in [-0.4, -0.2) is 4.92 Å². The van der Waals surface area contributed by atoms with Crippen LogP contribution in [0.3, 0.4) is 0 Å². The zero-order chi connectivity index (χ0) is 15.0. The SMILES string of the molecule is Cc1ccc([N+](=O)[O-])cc1NC1CCc2cc(Cl)ccc21. The van der Waals surface area contributed by atoms with Crippen LogP contribution in [-0.2, 0) is 6.42 Å². The highest BCUT2D eigenvalue weighted by Gasteiger charge is 2.23. The number of halogens is 1. The Labute approximate surface area is 127 Å². The van der Waals surface area contributed by atoms with E-state index in [2.05, 4.69) is 5.32 Å². The fourth-order valence-corrected chi connectivity index (χ4v) is 3.00. The lowest BCUT2D eigenvalue weighted by molar-refractivity contribution is -0.384. The number of non-ortho nitro benzene ring substituents is 1. The highest BCUT2D eigenvalue weighted by molar-refractivity contribution is 6.30. The first-order valence-corrected chi connectivity index (χ1v) is 7.22. The molecule has 0 saturated carbocycles. The molecule has 3 rings (SSSR count). The minimum absolute atomic E-state index is 0.109. The standard InChI is InChI=1S/C16H15ClN2O2/c1-10-2-5-13(19(20)21)9-16(10)18-15-7-3-11-8-12(17)4-6-14(11)15/h2,4-6,8-9,15,18H,3,7H2,1H3. The Morgan fingerprint density at radius 3 is 2.86 bits per heavy atom. The minimum Gasteiger partial charge on any atom is -0.378 e. The first-order chi connectivity index (χ1) is 10.0. The van der Waals surface area contributed by atoms with Gasteiger partial charge in [0.1, 0.15) is 0 Å². The first-order valence-electron chi connectivity index (χ1n) is 6.84. The van der Waals surface area contributed by atoms with E-state index in [1.807, 2.05) is 25.1 Å². The molecule has 0 bridgehead atoms. The Morgan fingerprint density at radius 2 is 2.10 bits per heavy atom. The number of fused-ring (bicyclic) bond motifs is 1. The third-order valence-corrected chi connectivity index (χ3v) is 4.18. The second-order valence-corrected chi connectivity index (χ2v) is 5.77. The van der Waals surface area contributed by atoms with Crippen molar-refractivity contribution in [3.05, 3.63) is 68.2 Å². The molecule has 0 amide bonds. The average Bonchev–Trinajstić information content (AvgIpc) is 2.83. The minimum atomic E-state index is -0.368. The largest absolute Gasteiger partial charge is 0.378 e. The van der Waals surface area contributed by atoms with Gasteiger partial charge < -0.3 is 5.32 Å². The maximum atomic E-state index is 10.9. The topological polar surface area (TPSA) is 55.2 Å². The zero-order valence-corrected chi connectivity index (χ0v) is 12.4. The first kappa shape index (κ1) is 13.9. The summed E-state index contributed by atoms with van der Waals surface area (Å²) in [5.41, 5.74) is 4.41. The fraction of sp³-hybridized carbons (Fsp3) is 0.250. The molecule has 0 aliphatic heterocycles. The van der Waals surface area contributed by atoms with E-state index in [1.54, 1.807) is 12.1 Å². The molecule has 108 valence electrons. The summed E-state index contributed by atoms with van der Waals surface area (Å²) in [6.45, 7) is 1.95. The lowest BCUT2D eigenvalue weighted by atomic mass is 10.1. The van der Waals surface area contributed by atoms with Gasteiger partial charge in [0, 0.05) is 22.8 Å². The predicted octanol–water partition coefficient (Wildman–Crippen LogP) is 4.66. The van der Waals surface area contributed by atoms with E-state index in [9.17, 15) is 10.1 Å². The average molecular weight is 303 g/mol. The van der Waals surface area contributed by atoms with Gasteiger partial charge in [-0.3, -0.25) is 10.1 Å². The predicted molar refractivity (Wildman–Crippen MR) is 84.0 cm³/mol. The number of rotatable bonds is 3. The summed E-state index contributed by atoms with van der Waals surface area (Å²) in [6.07, 6.45) is 1.94. The fourth-order valence-electron chi connectivity index (χ4n) is 2.80. The molecule has 0 radical (unpaired) electrons. The van der Waals surface area contributed by atoms with Gasteiger partial charge in [-0.05, 0) is 48.6 Å². The lowest BCUT2D eigenvalue weighted by Crippen LogP contribution is -2.08. The molecule has 0 heterocycles. The van der Waals surface area contributed by atoms with Crippen LogP contribution in [0.1, 0.15) is 29.2 Å². The zero-order valence-electron chi connectivity index (χ0n) is 11.6. The molecule has 2 aromatic carbocycles. The third-order valence-electron chi connectivity index (χ3n) is 3.94. The number of nitrogens with zero attached hydrogens (tertiary/aromatic N) is 1. The highest BCUT2D eigenvalue weighted by atomic mass is 35.5. The summed E-state index contributed by atoms with van der Waals surface area (Å²) < 4.78 is 0. The Hall–Kier alpha value is -2.07. The maximum Gasteiger partial charge on any atom is 0.271 e. The summed E-state index contributed by atoms with van der Waals surface area (Å²) in [4.78, 5) is 10.5. The van der Waals surface area contributed by atoms with Crippen LogP contribution < -0.4 is 5.32 Å². The molecule has 1 unspecified atom stereocenters. The van der Waals surface area contributed by atoms with Crippen molar-refractivity contribution in [2.75, 3.05) is 5.32 Å². The molecule has 1 N–H and O–H groups in total. The van der Waals surface area contributed by atoms with E-state index in [1.165, 1.54) is 17.2 Å². The number of benzene rings is 2. The lowest BCUT2D eigenvalue weighted by Gasteiger charge is -2.17. The molecule has 0 saturated heterocycles. The van der Waals surface area contributed by atoms with Gasteiger partial charge in [-0.2, -0.15) is 0 Å². The van der Waals surface area contributed by atoms with E-state index >= 15 is 0 Å². The molecule has 1 atom stereocenters. The number of nitro groups is 1. The summed E-state index contributed by atoms with van der Waals surface area (Å²) in [7, 11) is 0. The molecule has 0 aromatic heterocycles. The van der Waals surface area contributed by atoms with Gasteiger partial charge in [0.05, 0.1) is 11.0 Å². The second kappa shape index (κ2) is 5.37. The van der Waals surface area contributed by atoms with Gasteiger partial charge in [0.15, 0.2) is 0 Å². The van der Waals surface area contributed by atoms with E-state index in [-0.39, 0.29) is 16.7 Å². The van der Waals surface area contributed by atoms with Gasteiger partial charge in [-0.1, -0.05) is 23.7 Å². The van der Waals surface area contributed by atoms with Crippen molar-refractivity contribution in [1.29, 1.82) is 0 Å². The molecule has 5 heteroatoms. The van der Waals surface area contributed by atoms with E-state index < -0.39 is 0 Å². The molecule has 1 aliphatic rings. The van der Waals surface area contributed by atoms with Crippen molar-refractivity contribution in [3.8, 4) is 0 Å². The van der Waals surface area contributed by atoms with Crippen molar-refractivity contribution in [1.82, 2.24) is 0 Å². The van der Waals surface area contributed by atoms with Gasteiger partial charge in [0.25, 0.3) is 5.69 Å². The van der Waals surface area contributed by atoms with Crippen molar-refractivity contribution in [2.24, 2.45) is 0 Å². The third kappa shape index (κ3) is 2.72. The molecule has 1 aliphatic carbocycles. The Kier molecular flexibility index (Phi) is 3.55. The monoisotopic (exact) mass is 302 g/mol. The highest BCUT2D eigenvalue weighted by Crippen LogP contribution is 2.36. The van der Waals surface area contributed by atoms with Gasteiger partial charge in [0.2, 0.25) is 0 Å². The van der Waals surface area contributed by atoms with E-state index in [0.717, 1.165) is 29.1 Å². The number of nitro benzene ring substituents is 1. The van der Waals surface area contributed by atoms with Crippen molar-refractivity contribution in [3.63, 3.8) is 0 Å². The summed E-state index contributed by atoms with van der Waals surface area (Å²) in [6, 6.07) is 11.0. The van der Waals surface area contributed by atoms with Gasteiger partial charge >= 0.3 is 0 Å². The van der Waals surface area contributed by atoms with Crippen LogP contribution in [0.5, 0.6) is 0 Å². The van der Waals surface area contributed by atoms with Crippen molar-refractivity contribution < 1.29 is 4.92 Å². The van der Waals surface area contributed by atoms with Crippen LogP contribution >= 0.6 is 11.6 Å². The molecular weight excluding hydrogens is 288 g/mol. The molecule has 2 aromatic rings. The Balaban J connectivity index is 1.89. The maximum absolute atomic E-state index is 10.9. The van der Waals surface area contributed by atoms with Crippen molar-refractivity contribution >= 4 is 23.0 Å². The summed E-state index contributed by atoms with van der Waals surface area (Å²) in [5, 5.41) is 15.1. The van der Waals surface area contributed by atoms with E-state index in [4.69, 9.17) is 11.6 Å². The van der Waals surface area contributed by atoms with Crippen LogP contribution in [0.2, 0.25) is 5.02 Å². The van der Waals surface area contributed by atoms with Crippen LogP contribution in [0.25, 0.3) is 0 Å². The molecule has 21 heavy (non-hydrogen) atoms. The smallest absolute Gasteiger partial charge is 0.271 e. The Bertz CT molecular complexity index is 715. The van der Waals surface area contributed by atoms with Crippen molar-refractivity contribution in [2.45, 2.75) is 25.8 Å². The second-order valence-electron chi connectivity index (χ2n) is 5.34. The normalized spacial score (nSPS) is 16.6. The number of hydrogen-bond acceptors (Lipinski definition) is 3. The number of nitrogens with one attached hydrogen (secondary N) is 1. The Morgan fingerprint density at radius 1 is 1.29 bits per heavy atom. The van der Waals surface area contributed by atoms with Gasteiger partial charge in [-0.15, -0.1) is 0 Å². The van der Waals surface area contributed by atoms with E-state index in [0.29, 0.717) is 0 Å². The molecule has 0 spiro atoms. The van der Waals surface area contributed by atoms with Crippen LogP contribution in [0.15, 0.2) is 36.4 Å². The molecule has 4 nitrogen and oxygen atoms in total. The van der Waals surface area contributed by atoms with Crippen LogP contribution in [0.4, 0.5) is 11.4 Å². The molecule has 0 fully saturated rings. The number of aryl methyl sites for hydroxylation is 2. The molecular formula is C16H15ClN2O2. The summed E-state index contributed by atoms with van der Waals surface area (Å²) >= 11 is 6.02. The van der Waals surface area contributed by atoms with Crippen LogP contribution in [0, 0.1) is 17.0 Å².